The van der Waals surface area contributed by atoms with Gasteiger partial charge in [0, 0.05) is 17.4 Å². The fourth-order valence-electron chi connectivity index (χ4n) is 4.31. The van der Waals surface area contributed by atoms with Gasteiger partial charge in [0.25, 0.3) is 0 Å². The van der Waals surface area contributed by atoms with Crippen LogP contribution in [-0.2, 0) is 6.42 Å². The Bertz CT molecular complexity index is 615. The van der Waals surface area contributed by atoms with E-state index in [1.807, 2.05) is 0 Å². The Balaban J connectivity index is 1.96. The first-order chi connectivity index (χ1) is 10.9. The molecule has 1 aliphatic heterocycles. The predicted molar refractivity (Wildman–Crippen MR) is 93.6 cm³/mol. The number of hydrogen-bond donors (Lipinski definition) is 0. The third kappa shape index (κ3) is 3.18. The van der Waals surface area contributed by atoms with Gasteiger partial charge in [-0.05, 0) is 64.2 Å². The molecule has 1 nitrogen and oxygen atoms in total. The fourth-order valence-corrected chi connectivity index (χ4v) is 4.31. The summed E-state index contributed by atoms with van der Waals surface area (Å²) in [7, 11) is 0. The van der Waals surface area contributed by atoms with E-state index in [-0.39, 0.29) is 17.3 Å². The second kappa shape index (κ2) is 6.30. The Morgan fingerprint density at radius 3 is 2.78 bits per heavy atom. The molecule has 0 radical (unpaired) electrons. The lowest BCUT2D eigenvalue weighted by atomic mass is 9.67. The summed E-state index contributed by atoms with van der Waals surface area (Å²) in [6.45, 7) is 8.67. The SMILES string of the molecule is CCCCCc1cc(F)c2c(c1)OC(C)(C)[C@@H]1CC=C(C)C[C@@H]21. The van der Waals surface area contributed by atoms with Crippen molar-refractivity contribution in [2.45, 2.75) is 77.7 Å². The van der Waals surface area contributed by atoms with Gasteiger partial charge in [-0.1, -0.05) is 31.4 Å². The van der Waals surface area contributed by atoms with Crippen molar-refractivity contribution in [2.24, 2.45) is 5.92 Å². The van der Waals surface area contributed by atoms with Gasteiger partial charge in [0.1, 0.15) is 17.2 Å². The minimum atomic E-state index is -0.233. The van der Waals surface area contributed by atoms with Gasteiger partial charge in [0.2, 0.25) is 0 Å². The zero-order chi connectivity index (χ0) is 16.6. The Hall–Kier alpha value is -1.31. The quantitative estimate of drug-likeness (QED) is 0.477. The topological polar surface area (TPSA) is 9.23 Å². The molecule has 1 aliphatic carbocycles. The predicted octanol–water partition coefficient (Wildman–Crippen LogP) is 6.17. The molecule has 0 saturated carbocycles. The molecule has 2 aliphatic rings. The third-order valence-electron chi connectivity index (χ3n) is 5.60. The van der Waals surface area contributed by atoms with Gasteiger partial charge in [-0.2, -0.15) is 0 Å². The van der Waals surface area contributed by atoms with Crippen LogP contribution in [0.2, 0.25) is 0 Å². The van der Waals surface area contributed by atoms with Gasteiger partial charge in [0.05, 0.1) is 0 Å². The van der Waals surface area contributed by atoms with Crippen molar-refractivity contribution in [3.63, 3.8) is 0 Å². The Morgan fingerprint density at radius 1 is 1.26 bits per heavy atom. The number of ether oxygens (including phenoxy) is 1. The molecule has 1 heterocycles. The van der Waals surface area contributed by atoms with Gasteiger partial charge in [-0.15, -0.1) is 0 Å². The number of rotatable bonds is 4. The zero-order valence-corrected chi connectivity index (χ0v) is 14.9. The van der Waals surface area contributed by atoms with E-state index in [1.54, 1.807) is 6.07 Å². The van der Waals surface area contributed by atoms with Gasteiger partial charge >= 0.3 is 0 Å². The van der Waals surface area contributed by atoms with Crippen molar-refractivity contribution in [3.05, 3.63) is 40.7 Å². The molecule has 0 fully saturated rings. The van der Waals surface area contributed by atoms with E-state index in [2.05, 4.69) is 39.8 Å². The Labute approximate surface area is 139 Å². The van der Waals surface area contributed by atoms with Gasteiger partial charge < -0.3 is 4.74 Å². The average Bonchev–Trinajstić information content (AvgIpc) is 2.46. The molecule has 0 N–H and O–H groups in total. The summed E-state index contributed by atoms with van der Waals surface area (Å²) >= 11 is 0. The molecule has 3 rings (SSSR count). The molecule has 126 valence electrons. The molecule has 1 aromatic rings. The standard InChI is InChI=1S/C21H29FO/c1-5-6-7-8-15-12-18(22)20-16-11-14(2)9-10-17(16)21(3,4)23-19(20)13-15/h9,12-13,16-17H,5-8,10-11H2,1-4H3/t16-,17-/m1/s1. The number of halogens is 1. The van der Waals surface area contributed by atoms with E-state index in [0.29, 0.717) is 5.92 Å². The van der Waals surface area contributed by atoms with Crippen LogP contribution < -0.4 is 4.74 Å². The first-order valence-corrected chi connectivity index (χ1v) is 9.09. The summed E-state index contributed by atoms with van der Waals surface area (Å²) in [5.74, 6) is 1.34. The van der Waals surface area contributed by atoms with Gasteiger partial charge in [0.15, 0.2) is 0 Å². The van der Waals surface area contributed by atoms with Crippen LogP contribution in [0.4, 0.5) is 4.39 Å². The van der Waals surface area contributed by atoms with Crippen LogP contribution in [-0.4, -0.2) is 5.60 Å². The maximum absolute atomic E-state index is 14.9. The van der Waals surface area contributed by atoms with E-state index < -0.39 is 0 Å². The average molecular weight is 316 g/mol. The summed E-state index contributed by atoms with van der Waals surface area (Å²) < 4.78 is 21.2. The summed E-state index contributed by atoms with van der Waals surface area (Å²) in [6.07, 6.45) is 8.68. The van der Waals surface area contributed by atoms with Crippen LogP contribution in [0.5, 0.6) is 5.75 Å². The lowest BCUT2D eigenvalue weighted by Crippen LogP contribution is -2.45. The second-order valence-corrected chi connectivity index (χ2v) is 7.86. The number of allylic oxidation sites excluding steroid dienone is 2. The number of fused-ring (bicyclic) bond motifs is 3. The first-order valence-electron chi connectivity index (χ1n) is 9.09. The monoisotopic (exact) mass is 316 g/mol. The molecule has 23 heavy (non-hydrogen) atoms. The summed E-state index contributed by atoms with van der Waals surface area (Å²) in [6, 6.07) is 3.85. The smallest absolute Gasteiger partial charge is 0.130 e. The van der Waals surface area contributed by atoms with Crippen molar-refractivity contribution in [2.75, 3.05) is 0 Å². The highest BCUT2D eigenvalue weighted by atomic mass is 19.1. The first kappa shape index (κ1) is 16.5. The van der Waals surface area contributed by atoms with Crippen LogP contribution in [0.1, 0.15) is 76.8 Å². The molecule has 0 spiro atoms. The molecule has 0 unspecified atom stereocenters. The van der Waals surface area contributed by atoms with Crippen LogP contribution in [0, 0.1) is 11.7 Å². The third-order valence-corrected chi connectivity index (χ3v) is 5.60. The van der Waals surface area contributed by atoms with Crippen LogP contribution in [0.25, 0.3) is 0 Å². The van der Waals surface area contributed by atoms with Gasteiger partial charge in [-0.3, -0.25) is 0 Å². The molecular formula is C21H29FO. The van der Waals surface area contributed by atoms with Crippen LogP contribution >= 0.6 is 0 Å². The van der Waals surface area contributed by atoms with Crippen LogP contribution in [0.15, 0.2) is 23.8 Å². The highest BCUT2D eigenvalue weighted by Gasteiger charge is 2.45. The van der Waals surface area contributed by atoms with E-state index in [4.69, 9.17) is 4.74 Å². The van der Waals surface area contributed by atoms with Crippen molar-refractivity contribution in [3.8, 4) is 5.75 Å². The van der Waals surface area contributed by atoms with E-state index in [9.17, 15) is 4.39 Å². The lowest BCUT2D eigenvalue weighted by Gasteiger charge is -2.47. The van der Waals surface area contributed by atoms with E-state index in [1.165, 1.54) is 18.4 Å². The lowest BCUT2D eigenvalue weighted by molar-refractivity contribution is 0.00692. The van der Waals surface area contributed by atoms with Crippen molar-refractivity contribution < 1.29 is 9.13 Å². The van der Waals surface area contributed by atoms with Gasteiger partial charge in [-0.25, -0.2) is 4.39 Å². The molecular weight excluding hydrogens is 287 g/mol. The summed E-state index contributed by atoms with van der Waals surface area (Å²) in [5.41, 5.74) is 3.04. The van der Waals surface area contributed by atoms with Crippen LogP contribution in [0.3, 0.4) is 0 Å². The largest absolute Gasteiger partial charge is 0.487 e. The van der Waals surface area contributed by atoms with Crippen molar-refractivity contribution >= 4 is 0 Å². The molecule has 0 aromatic heterocycles. The van der Waals surface area contributed by atoms with Crippen molar-refractivity contribution in [1.82, 2.24) is 0 Å². The highest BCUT2D eigenvalue weighted by Crippen LogP contribution is 2.52. The number of aryl methyl sites for hydroxylation is 1. The molecule has 0 bridgehead atoms. The Kier molecular flexibility index (Phi) is 4.53. The molecule has 1 aromatic carbocycles. The fraction of sp³-hybridized carbons (Fsp3) is 0.619. The molecule has 2 atom stereocenters. The minimum absolute atomic E-state index is 0.0609. The molecule has 0 saturated heterocycles. The normalized spacial score (nSPS) is 25.2. The maximum Gasteiger partial charge on any atom is 0.130 e. The summed E-state index contributed by atoms with van der Waals surface area (Å²) in [5, 5.41) is 0. The van der Waals surface area contributed by atoms with E-state index >= 15 is 0 Å². The molecule has 0 amide bonds. The number of benzene rings is 1. The number of unbranched alkanes of at least 4 members (excludes halogenated alkanes) is 2. The maximum atomic E-state index is 14.9. The highest BCUT2D eigenvalue weighted by molar-refractivity contribution is 5.45. The molecule has 2 heteroatoms. The zero-order valence-electron chi connectivity index (χ0n) is 14.9. The van der Waals surface area contributed by atoms with E-state index in [0.717, 1.165) is 42.6 Å². The van der Waals surface area contributed by atoms with Crippen molar-refractivity contribution in [1.29, 1.82) is 0 Å². The second-order valence-electron chi connectivity index (χ2n) is 7.86. The summed E-state index contributed by atoms with van der Waals surface area (Å²) in [4.78, 5) is 0. The number of hydrogen-bond acceptors (Lipinski definition) is 1. The minimum Gasteiger partial charge on any atom is -0.487 e. The Morgan fingerprint density at radius 2 is 2.04 bits per heavy atom.